The largest absolute Gasteiger partial charge is 0.508 e. The second-order valence-electron chi connectivity index (χ2n) is 12.5. The van der Waals surface area contributed by atoms with Gasteiger partial charge in [-0.25, -0.2) is 9.78 Å². The highest BCUT2D eigenvalue weighted by Gasteiger charge is 2.32. The third-order valence-corrected chi connectivity index (χ3v) is 7.82. The number of hydrogen-bond donors (Lipinski definition) is 10. The lowest BCUT2D eigenvalue weighted by Gasteiger charge is -2.27. The van der Waals surface area contributed by atoms with E-state index in [0.29, 0.717) is 44.5 Å². The van der Waals surface area contributed by atoms with Crippen LogP contribution in [0.15, 0.2) is 36.8 Å². The molecule has 0 aliphatic carbocycles. The van der Waals surface area contributed by atoms with Crippen LogP contribution < -0.4 is 38.5 Å². The number of phenols is 1. The highest BCUT2D eigenvalue weighted by Crippen LogP contribution is 2.13. The summed E-state index contributed by atoms with van der Waals surface area (Å²) in [7, 11) is 0. The van der Waals surface area contributed by atoms with Crippen molar-refractivity contribution >= 4 is 29.6 Å². The van der Waals surface area contributed by atoms with E-state index in [1.165, 1.54) is 24.7 Å². The fourth-order valence-electron chi connectivity index (χ4n) is 5.12. The fourth-order valence-corrected chi connectivity index (χ4v) is 5.12. The third kappa shape index (κ3) is 15.0. The maximum absolute atomic E-state index is 13.7. The number of aromatic hydroxyl groups is 1. The van der Waals surface area contributed by atoms with Crippen LogP contribution in [0.4, 0.5) is 0 Å². The SMILES string of the molecule is CC(C)C[C@H](NC(=O)[C@H](CCCCN)NC(=O)[C@@H](N)Cc1ccc(O)cc1)C(=O)N[C@@H](CCCCN)C(=O)N[C@@H](Cc1cnc[nH]1)C(=O)O. The van der Waals surface area contributed by atoms with Crippen LogP contribution >= 0.6 is 0 Å². The molecule has 1 aromatic carbocycles. The van der Waals surface area contributed by atoms with Crippen molar-refractivity contribution in [1.29, 1.82) is 0 Å². The van der Waals surface area contributed by atoms with Crippen molar-refractivity contribution in [3.8, 4) is 5.75 Å². The number of nitrogens with one attached hydrogen (secondary N) is 5. The predicted molar refractivity (Wildman–Crippen MR) is 183 cm³/mol. The Balaban J connectivity index is 2.19. The molecule has 272 valence electrons. The molecule has 16 heteroatoms. The summed E-state index contributed by atoms with van der Waals surface area (Å²) in [5, 5.41) is 29.9. The first-order valence-electron chi connectivity index (χ1n) is 16.7. The number of carboxylic acid groups (broad SMARTS) is 1. The first-order chi connectivity index (χ1) is 23.3. The number of H-pyrrole nitrogens is 1. The van der Waals surface area contributed by atoms with Gasteiger partial charge in [-0.1, -0.05) is 26.0 Å². The quantitative estimate of drug-likeness (QED) is 0.0668. The second-order valence-corrected chi connectivity index (χ2v) is 12.5. The van der Waals surface area contributed by atoms with Crippen LogP contribution in [-0.4, -0.2) is 93.1 Å². The first-order valence-corrected chi connectivity index (χ1v) is 16.7. The molecule has 0 fully saturated rings. The van der Waals surface area contributed by atoms with Gasteiger partial charge in [0.2, 0.25) is 23.6 Å². The highest BCUT2D eigenvalue weighted by molar-refractivity contribution is 5.95. The average molecular weight is 688 g/mol. The number of imidazole rings is 1. The molecule has 5 atom stereocenters. The number of phenolic OH excluding ortho intramolecular Hbond substituents is 1. The summed E-state index contributed by atoms with van der Waals surface area (Å²) in [5.74, 6) is -3.72. The number of carboxylic acids is 1. The molecule has 0 aliphatic rings. The number of carbonyl (C=O) groups excluding carboxylic acids is 4. The number of carbonyl (C=O) groups is 5. The zero-order valence-corrected chi connectivity index (χ0v) is 28.3. The molecular weight excluding hydrogens is 634 g/mol. The molecule has 0 aliphatic heterocycles. The van der Waals surface area contributed by atoms with Gasteiger partial charge >= 0.3 is 5.97 Å². The molecular formula is C33H53N9O7. The van der Waals surface area contributed by atoms with Gasteiger partial charge in [-0.2, -0.15) is 0 Å². The number of amides is 4. The molecule has 0 unspecified atom stereocenters. The average Bonchev–Trinajstić information content (AvgIpc) is 3.57. The Morgan fingerprint density at radius 2 is 1.27 bits per heavy atom. The number of nitrogens with two attached hydrogens (primary N) is 3. The predicted octanol–water partition coefficient (Wildman–Crippen LogP) is -0.444. The van der Waals surface area contributed by atoms with Crippen LogP contribution in [0.25, 0.3) is 0 Å². The summed E-state index contributed by atoms with van der Waals surface area (Å²) in [4.78, 5) is 72.3. The third-order valence-electron chi connectivity index (χ3n) is 7.82. The van der Waals surface area contributed by atoms with Crippen LogP contribution in [0.2, 0.25) is 0 Å². The van der Waals surface area contributed by atoms with E-state index < -0.39 is 59.8 Å². The first kappa shape index (κ1) is 40.6. The number of aromatic amines is 1. The molecule has 0 saturated heterocycles. The number of aromatic nitrogens is 2. The number of nitrogens with zero attached hydrogens (tertiary/aromatic N) is 1. The Kier molecular flexibility index (Phi) is 17.8. The summed E-state index contributed by atoms with van der Waals surface area (Å²) in [6, 6.07) is 0.800. The Bertz CT molecular complexity index is 1320. The van der Waals surface area contributed by atoms with Gasteiger partial charge in [0.25, 0.3) is 0 Å². The monoisotopic (exact) mass is 687 g/mol. The minimum absolute atomic E-state index is 0.0459. The van der Waals surface area contributed by atoms with Crippen LogP contribution in [0.1, 0.15) is 70.1 Å². The number of benzene rings is 1. The van der Waals surface area contributed by atoms with E-state index in [1.807, 2.05) is 13.8 Å². The molecule has 1 heterocycles. The van der Waals surface area contributed by atoms with Crippen molar-refractivity contribution in [1.82, 2.24) is 31.2 Å². The van der Waals surface area contributed by atoms with E-state index in [-0.39, 0.29) is 43.8 Å². The van der Waals surface area contributed by atoms with Gasteiger partial charge in [0.1, 0.15) is 29.9 Å². The van der Waals surface area contributed by atoms with Gasteiger partial charge in [-0.05, 0) is 88.1 Å². The normalized spacial score (nSPS) is 14.2. The van der Waals surface area contributed by atoms with Crippen LogP contribution in [0, 0.1) is 5.92 Å². The molecule has 0 radical (unpaired) electrons. The summed E-state index contributed by atoms with van der Waals surface area (Å²) in [6.07, 6.45) is 5.80. The molecule has 4 amide bonds. The van der Waals surface area contributed by atoms with Crippen molar-refractivity contribution < 1.29 is 34.2 Å². The minimum Gasteiger partial charge on any atom is -0.508 e. The Hall–Kier alpha value is -4.54. The summed E-state index contributed by atoms with van der Waals surface area (Å²) >= 11 is 0. The molecule has 13 N–H and O–H groups in total. The van der Waals surface area contributed by atoms with Crippen molar-refractivity contribution in [2.45, 2.75) is 102 Å². The Labute approximate surface area is 286 Å². The van der Waals surface area contributed by atoms with Gasteiger partial charge < -0.3 is 53.7 Å². The standard InChI is InChI=1S/C33H53N9O7/c1-20(2)15-27(32(47)40-26(8-4-6-14-35)31(46)42-28(33(48)49)17-22-18-37-19-38-22)41-30(45)25(7-3-5-13-34)39-29(44)24(36)16-21-9-11-23(43)12-10-21/h9-12,18-20,24-28,43H,3-8,13-17,34-36H2,1-2H3,(H,37,38)(H,39,44)(H,40,47)(H,41,45)(H,42,46)(H,48,49)/t24-,25-,26-,27-,28-/m0/s1. The van der Waals surface area contributed by atoms with Crippen molar-refractivity contribution in [2.75, 3.05) is 13.1 Å². The topological polar surface area (TPSA) is 281 Å². The number of hydrogen-bond acceptors (Lipinski definition) is 10. The molecule has 0 bridgehead atoms. The second kappa shape index (κ2) is 21.4. The van der Waals surface area contributed by atoms with Crippen molar-refractivity contribution in [3.05, 3.63) is 48.0 Å². The van der Waals surface area contributed by atoms with E-state index in [0.717, 1.165) is 5.56 Å². The Morgan fingerprint density at radius 3 is 1.76 bits per heavy atom. The maximum Gasteiger partial charge on any atom is 0.326 e. The Morgan fingerprint density at radius 1 is 0.755 bits per heavy atom. The maximum atomic E-state index is 13.7. The van der Waals surface area contributed by atoms with E-state index in [9.17, 15) is 34.2 Å². The van der Waals surface area contributed by atoms with Gasteiger partial charge in [0.15, 0.2) is 0 Å². The molecule has 0 saturated carbocycles. The smallest absolute Gasteiger partial charge is 0.326 e. The zero-order valence-electron chi connectivity index (χ0n) is 28.3. The van der Waals surface area contributed by atoms with Gasteiger partial charge in [0, 0.05) is 18.3 Å². The minimum atomic E-state index is -1.29. The van der Waals surface area contributed by atoms with E-state index in [1.54, 1.807) is 12.1 Å². The van der Waals surface area contributed by atoms with Crippen LogP contribution in [0.5, 0.6) is 5.75 Å². The summed E-state index contributed by atoms with van der Waals surface area (Å²) < 4.78 is 0. The van der Waals surface area contributed by atoms with E-state index in [2.05, 4.69) is 31.2 Å². The van der Waals surface area contributed by atoms with E-state index >= 15 is 0 Å². The summed E-state index contributed by atoms with van der Waals surface area (Å²) in [5.41, 5.74) is 18.7. The zero-order chi connectivity index (χ0) is 36.3. The van der Waals surface area contributed by atoms with Crippen molar-refractivity contribution in [2.24, 2.45) is 23.1 Å². The highest BCUT2D eigenvalue weighted by atomic mass is 16.4. The molecule has 16 nitrogen and oxygen atoms in total. The van der Waals surface area contributed by atoms with Gasteiger partial charge in [0.05, 0.1) is 12.4 Å². The molecule has 49 heavy (non-hydrogen) atoms. The van der Waals surface area contributed by atoms with Crippen molar-refractivity contribution in [3.63, 3.8) is 0 Å². The molecule has 0 spiro atoms. The van der Waals surface area contributed by atoms with E-state index in [4.69, 9.17) is 17.2 Å². The van der Waals surface area contributed by atoms with Gasteiger partial charge in [-0.3, -0.25) is 19.2 Å². The summed E-state index contributed by atoms with van der Waals surface area (Å²) in [6.45, 7) is 4.49. The van der Waals surface area contributed by atoms with Crippen LogP contribution in [-0.2, 0) is 36.8 Å². The lowest BCUT2D eigenvalue weighted by molar-refractivity contribution is -0.142. The lowest BCUT2D eigenvalue weighted by Crippen LogP contribution is -2.58. The fraction of sp³-hybridized carbons (Fsp3) is 0.576. The molecule has 2 rings (SSSR count). The molecule has 2 aromatic rings. The number of unbranched alkanes of at least 4 members (excludes halogenated alkanes) is 2. The number of rotatable bonds is 23. The lowest BCUT2D eigenvalue weighted by atomic mass is 10.00. The van der Waals surface area contributed by atoms with Crippen LogP contribution in [0.3, 0.4) is 0 Å². The number of aliphatic carboxylic acids is 1. The molecule has 1 aromatic heterocycles. The van der Waals surface area contributed by atoms with Gasteiger partial charge in [-0.15, -0.1) is 0 Å².